The third-order valence-electron chi connectivity index (χ3n) is 2.71. The highest BCUT2D eigenvalue weighted by Crippen LogP contribution is 2.24. The molecule has 3 heteroatoms. The molecule has 18 heavy (non-hydrogen) atoms. The van der Waals surface area contributed by atoms with Crippen molar-refractivity contribution in [2.45, 2.75) is 6.42 Å². The highest BCUT2D eigenvalue weighted by molar-refractivity contribution is 5.79. The fourth-order valence-electron chi connectivity index (χ4n) is 1.85. The van der Waals surface area contributed by atoms with Crippen molar-refractivity contribution in [1.29, 1.82) is 0 Å². The molecule has 0 saturated carbocycles. The van der Waals surface area contributed by atoms with E-state index in [4.69, 9.17) is 0 Å². The zero-order valence-electron chi connectivity index (χ0n) is 9.63. The van der Waals surface area contributed by atoms with Gasteiger partial charge in [0, 0.05) is 18.0 Å². The van der Waals surface area contributed by atoms with Crippen LogP contribution in [0.5, 0.6) is 0 Å². The van der Waals surface area contributed by atoms with Crippen LogP contribution in [-0.2, 0) is 11.2 Å². The SMILES string of the molecule is O=Cc1ccc(-c2ccccc2CC(=O)[O-])cc1. The van der Waals surface area contributed by atoms with E-state index in [-0.39, 0.29) is 6.42 Å². The van der Waals surface area contributed by atoms with Gasteiger partial charge in [0.15, 0.2) is 0 Å². The standard InChI is InChI=1S/C15H12O3/c16-10-11-5-7-12(8-6-11)14-4-2-1-3-13(14)9-15(17)18/h1-8,10H,9H2,(H,17,18)/p-1. The maximum Gasteiger partial charge on any atom is 0.150 e. The predicted molar refractivity (Wildman–Crippen MR) is 66.0 cm³/mol. The van der Waals surface area contributed by atoms with Gasteiger partial charge in [-0.1, -0.05) is 48.5 Å². The van der Waals surface area contributed by atoms with Crippen LogP contribution in [0.4, 0.5) is 0 Å². The molecule has 2 rings (SSSR count). The van der Waals surface area contributed by atoms with Gasteiger partial charge in [0.25, 0.3) is 0 Å². The first-order valence-corrected chi connectivity index (χ1v) is 5.54. The molecular weight excluding hydrogens is 228 g/mol. The average molecular weight is 239 g/mol. The van der Waals surface area contributed by atoms with Crippen molar-refractivity contribution in [3.63, 3.8) is 0 Å². The molecule has 0 spiro atoms. The van der Waals surface area contributed by atoms with Crippen LogP contribution in [0.15, 0.2) is 48.5 Å². The van der Waals surface area contributed by atoms with E-state index in [9.17, 15) is 14.7 Å². The van der Waals surface area contributed by atoms with Gasteiger partial charge in [0.1, 0.15) is 6.29 Å². The van der Waals surface area contributed by atoms with Gasteiger partial charge in [0.05, 0.1) is 0 Å². The number of rotatable bonds is 4. The minimum Gasteiger partial charge on any atom is -0.550 e. The summed E-state index contributed by atoms with van der Waals surface area (Å²) in [6.45, 7) is 0. The Hall–Kier alpha value is -2.42. The Morgan fingerprint density at radius 3 is 2.33 bits per heavy atom. The Balaban J connectivity index is 2.42. The number of benzene rings is 2. The van der Waals surface area contributed by atoms with Gasteiger partial charge in [0.2, 0.25) is 0 Å². The summed E-state index contributed by atoms with van der Waals surface area (Å²) in [5.41, 5.74) is 3.03. The van der Waals surface area contributed by atoms with E-state index >= 15 is 0 Å². The second-order valence-corrected chi connectivity index (χ2v) is 3.95. The molecule has 0 bridgehead atoms. The molecule has 3 nitrogen and oxygen atoms in total. The average Bonchev–Trinajstić information content (AvgIpc) is 2.39. The number of carboxylic acid groups (broad SMARTS) is 1. The number of carbonyl (C=O) groups excluding carboxylic acids is 2. The highest BCUT2D eigenvalue weighted by Gasteiger charge is 2.04. The number of aldehydes is 1. The van der Waals surface area contributed by atoms with E-state index in [1.807, 2.05) is 12.1 Å². The normalized spacial score (nSPS) is 10.0. The van der Waals surface area contributed by atoms with Crippen molar-refractivity contribution in [2.75, 3.05) is 0 Å². The number of carbonyl (C=O) groups is 2. The van der Waals surface area contributed by atoms with Gasteiger partial charge < -0.3 is 9.90 Å². The quantitative estimate of drug-likeness (QED) is 0.759. The minimum atomic E-state index is -1.10. The zero-order valence-corrected chi connectivity index (χ0v) is 9.63. The van der Waals surface area contributed by atoms with Crippen molar-refractivity contribution in [2.24, 2.45) is 0 Å². The molecule has 0 amide bonds. The van der Waals surface area contributed by atoms with Crippen LogP contribution in [0, 0.1) is 0 Å². The first-order valence-electron chi connectivity index (χ1n) is 5.54. The van der Waals surface area contributed by atoms with Gasteiger partial charge in [-0.3, -0.25) is 4.79 Å². The zero-order chi connectivity index (χ0) is 13.0. The summed E-state index contributed by atoms with van der Waals surface area (Å²) < 4.78 is 0. The Bertz CT molecular complexity index is 571. The fourth-order valence-corrected chi connectivity index (χ4v) is 1.85. The van der Waals surface area contributed by atoms with E-state index in [0.29, 0.717) is 11.1 Å². The van der Waals surface area contributed by atoms with E-state index in [2.05, 4.69) is 0 Å². The summed E-state index contributed by atoms with van der Waals surface area (Å²) in [6, 6.07) is 14.3. The second-order valence-electron chi connectivity index (χ2n) is 3.95. The van der Waals surface area contributed by atoms with Crippen molar-refractivity contribution < 1.29 is 14.7 Å². The monoisotopic (exact) mass is 239 g/mol. The first kappa shape index (κ1) is 12.0. The smallest absolute Gasteiger partial charge is 0.150 e. The lowest BCUT2D eigenvalue weighted by atomic mass is 9.97. The Labute approximate surface area is 105 Å². The molecule has 0 saturated heterocycles. The van der Waals surface area contributed by atoms with Crippen LogP contribution < -0.4 is 5.11 Å². The minimum absolute atomic E-state index is 0.119. The van der Waals surface area contributed by atoms with Crippen LogP contribution in [0.2, 0.25) is 0 Å². The van der Waals surface area contributed by atoms with Gasteiger partial charge >= 0.3 is 0 Å². The van der Waals surface area contributed by atoms with E-state index < -0.39 is 5.97 Å². The molecule has 0 aliphatic rings. The molecule has 0 aliphatic carbocycles. The number of carboxylic acids is 1. The lowest BCUT2D eigenvalue weighted by Crippen LogP contribution is -2.24. The van der Waals surface area contributed by atoms with E-state index in [0.717, 1.165) is 17.4 Å². The van der Waals surface area contributed by atoms with Crippen molar-refractivity contribution in [3.05, 3.63) is 59.7 Å². The van der Waals surface area contributed by atoms with Crippen molar-refractivity contribution >= 4 is 12.3 Å². The van der Waals surface area contributed by atoms with Crippen LogP contribution >= 0.6 is 0 Å². The molecule has 90 valence electrons. The van der Waals surface area contributed by atoms with E-state index in [1.54, 1.807) is 36.4 Å². The maximum atomic E-state index is 10.7. The summed E-state index contributed by atoms with van der Waals surface area (Å²) >= 11 is 0. The molecule has 0 unspecified atom stereocenters. The van der Waals surface area contributed by atoms with Crippen LogP contribution in [0.3, 0.4) is 0 Å². The summed E-state index contributed by atoms with van der Waals surface area (Å²) in [4.78, 5) is 21.3. The number of hydrogen-bond donors (Lipinski definition) is 0. The van der Waals surface area contributed by atoms with E-state index in [1.165, 1.54) is 0 Å². The predicted octanol–water partition coefficient (Wildman–Crippen LogP) is 1.46. The molecule has 0 heterocycles. The van der Waals surface area contributed by atoms with Gasteiger partial charge in [-0.15, -0.1) is 0 Å². The number of hydrogen-bond acceptors (Lipinski definition) is 3. The molecule has 0 aliphatic heterocycles. The van der Waals surface area contributed by atoms with Crippen molar-refractivity contribution in [3.8, 4) is 11.1 Å². The summed E-state index contributed by atoms with van der Waals surface area (Å²) in [5.74, 6) is -1.10. The lowest BCUT2D eigenvalue weighted by Gasteiger charge is -2.10. The van der Waals surface area contributed by atoms with Crippen molar-refractivity contribution in [1.82, 2.24) is 0 Å². The Kier molecular flexibility index (Phi) is 3.53. The van der Waals surface area contributed by atoms with Gasteiger partial charge in [-0.05, 0) is 16.7 Å². The fraction of sp³-hybridized carbons (Fsp3) is 0.0667. The maximum absolute atomic E-state index is 10.7. The number of aliphatic carboxylic acids is 1. The molecule has 0 N–H and O–H groups in total. The van der Waals surface area contributed by atoms with Crippen LogP contribution in [0.1, 0.15) is 15.9 Å². The largest absolute Gasteiger partial charge is 0.550 e. The molecule has 0 atom stereocenters. The summed E-state index contributed by atoms with van der Waals surface area (Å²) in [6.07, 6.45) is 0.655. The Morgan fingerprint density at radius 1 is 1.06 bits per heavy atom. The second kappa shape index (κ2) is 5.27. The topological polar surface area (TPSA) is 57.2 Å². The summed E-state index contributed by atoms with van der Waals surface area (Å²) in [5, 5.41) is 10.7. The molecule has 2 aromatic rings. The highest BCUT2D eigenvalue weighted by atomic mass is 16.4. The third kappa shape index (κ3) is 2.63. The third-order valence-corrected chi connectivity index (χ3v) is 2.71. The molecule has 0 aromatic heterocycles. The summed E-state index contributed by atoms with van der Waals surface area (Å²) in [7, 11) is 0. The van der Waals surface area contributed by atoms with Crippen LogP contribution in [-0.4, -0.2) is 12.3 Å². The molecule has 2 aromatic carbocycles. The molecule has 0 fully saturated rings. The molecule has 0 radical (unpaired) electrons. The first-order chi connectivity index (χ1) is 8.70. The van der Waals surface area contributed by atoms with Gasteiger partial charge in [-0.2, -0.15) is 0 Å². The molecular formula is C15H11O3-. The van der Waals surface area contributed by atoms with Gasteiger partial charge in [-0.25, -0.2) is 0 Å². The lowest BCUT2D eigenvalue weighted by molar-refractivity contribution is -0.304. The van der Waals surface area contributed by atoms with Crippen LogP contribution in [0.25, 0.3) is 11.1 Å². The Morgan fingerprint density at radius 2 is 1.72 bits per heavy atom.